The highest BCUT2D eigenvalue weighted by Crippen LogP contribution is 2.31. The molecular formula is C33H49N3O5S. The Morgan fingerprint density at radius 1 is 1.12 bits per heavy atom. The minimum atomic E-state index is -0.900. The summed E-state index contributed by atoms with van der Waals surface area (Å²) in [5.74, 6) is -1.25. The van der Waals surface area contributed by atoms with E-state index in [1.807, 2.05) is 49.2 Å². The Labute approximate surface area is 255 Å². The number of aromatic nitrogens is 1. The summed E-state index contributed by atoms with van der Waals surface area (Å²) in [6, 6.07) is 9.24. The number of amides is 2. The van der Waals surface area contributed by atoms with Gasteiger partial charge in [-0.05, 0) is 37.2 Å². The standard InChI is InChI=1S/C33H49N3O5S/c1-9-23(6)15-30(37)36(8)28(22(4)5)18-29(41-19-21(2)3)32-35-27(20-42-32)31(38)34-26(16-24(7)33(39)40)17-25-13-11-10-12-14-25/h10-14,20,22-24,26,28-29H,2,9,15-19H2,1,3-8H3,(H,34,38)(H,39,40)/t23-,24-,26+,28?,29+/m0/s1. The summed E-state index contributed by atoms with van der Waals surface area (Å²) in [7, 11) is 1.86. The fraction of sp³-hybridized carbons (Fsp3) is 0.576. The van der Waals surface area contributed by atoms with Crippen LogP contribution in [0.15, 0.2) is 47.9 Å². The first-order valence-electron chi connectivity index (χ1n) is 14.9. The number of benzene rings is 1. The minimum absolute atomic E-state index is 0.0781. The van der Waals surface area contributed by atoms with Gasteiger partial charge in [-0.15, -0.1) is 11.3 Å². The van der Waals surface area contributed by atoms with Crippen LogP contribution < -0.4 is 5.32 Å². The molecule has 0 spiro atoms. The van der Waals surface area contributed by atoms with Crippen molar-refractivity contribution < 1.29 is 24.2 Å². The van der Waals surface area contributed by atoms with Gasteiger partial charge in [0.2, 0.25) is 5.91 Å². The second-order valence-corrected chi connectivity index (χ2v) is 12.8. The number of carboxylic acid groups (broad SMARTS) is 1. The van der Waals surface area contributed by atoms with Crippen molar-refractivity contribution in [3.63, 3.8) is 0 Å². The number of rotatable bonds is 18. The van der Waals surface area contributed by atoms with Crippen LogP contribution in [-0.4, -0.2) is 58.5 Å². The fourth-order valence-electron chi connectivity index (χ4n) is 4.77. The van der Waals surface area contributed by atoms with Gasteiger partial charge in [-0.25, -0.2) is 4.98 Å². The SMILES string of the molecule is C=C(C)CO[C@H](CC(C(C)C)N(C)C(=O)C[C@@H](C)CC)c1nc(C(=O)N[C@@H](Cc2ccccc2)C[C@H](C)C(=O)O)cs1. The Hall–Kier alpha value is -3.04. The second-order valence-electron chi connectivity index (χ2n) is 11.9. The van der Waals surface area contributed by atoms with Crippen LogP contribution >= 0.6 is 11.3 Å². The molecule has 0 saturated carbocycles. The molecule has 1 aromatic carbocycles. The number of nitrogens with one attached hydrogen (secondary N) is 1. The summed E-state index contributed by atoms with van der Waals surface area (Å²) in [6.07, 6.45) is 2.37. The highest BCUT2D eigenvalue weighted by atomic mass is 32.1. The third-order valence-corrected chi connectivity index (χ3v) is 8.55. The summed E-state index contributed by atoms with van der Waals surface area (Å²) in [4.78, 5) is 44.5. The normalized spacial score (nSPS) is 15.0. The van der Waals surface area contributed by atoms with Gasteiger partial charge >= 0.3 is 5.97 Å². The topological polar surface area (TPSA) is 109 Å². The van der Waals surface area contributed by atoms with E-state index >= 15 is 0 Å². The molecule has 232 valence electrons. The zero-order valence-electron chi connectivity index (χ0n) is 26.3. The zero-order valence-corrected chi connectivity index (χ0v) is 27.1. The number of carboxylic acids is 1. The minimum Gasteiger partial charge on any atom is -0.481 e. The molecule has 5 atom stereocenters. The average Bonchev–Trinajstić information content (AvgIpc) is 3.43. The van der Waals surface area contributed by atoms with E-state index in [-0.39, 0.29) is 35.5 Å². The summed E-state index contributed by atoms with van der Waals surface area (Å²) >= 11 is 1.35. The number of carbonyl (C=O) groups is 3. The lowest BCUT2D eigenvalue weighted by Crippen LogP contribution is -2.42. The summed E-state index contributed by atoms with van der Waals surface area (Å²) < 4.78 is 6.25. The first kappa shape index (κ1) is 35.2. The summed E-state index contributed by atoms with van der Waals surface area (Å²) in [6.45, 7) is 16.2. The first-order valence-corrected chi connectivity index (χ1v) is 15.7. The number of nitrogens with zero attached hydrogens (tertiary/aromatic N) is 2. The highest BCUT2D eigenvalue weighted by Gasteiger charge is 2.30. The average molecular weight is 600 g/mol. The molecule has 2 amide bonds. The largest absolute Gasteiger partial charge is 0.481 e. The Balaban J connectivity index is 2.26. The molecule has 0 aliphatic rings. The lowest BCUT2D eigenvalue weighted by molar-refractivity contribution is -0.141. The molecule has 0 bridgehead atoms. The van der Waals surface area contributed by atoms with Crippen LogP contribution in [0, 0.1) is 17.8 Å². The van der Waals surface area contributed by atoms with Crippen LogP contribution in [0.2, 0.25) is 0 Å². The molecule has 9 heteroatoms. The molecule has 0 radical (unpaired) electrons. The van der Waals surface area contributed by atoms with E-state index in [4.69, 9.17) is 4.74 Å². The Morgan fingerprint density at radius 3 is 2.36 bits per heavy atom. The van der Waals surface area contributed by atoms with Crippen LogP contribution in [0.25, 0.3) is 0 Å². The number of hydrogen-bond donors (Lipinski definition) is 2. The summed E-state index contributed by atoms with van der Waals surface area (Å²) in [5, 5.41) is 14.9. The predicted octanol–water partition coefficient (Wildman–Crippen LogP) is 6.54. The molecule has 8 nitrogen and oxygen atoms in total. The molecule has 1 heterocycles. The third-order valence-electron chi connectivity index (χ3n) is 7.62. The lowest BCUT2D eigenvalue weighted by Gasteiger charge is -2.34. The van der Waals surface area contributed by atoms with Crippen molar-refractivity contribution in [2.24, 2.45) is 17.8 Å². The van der Waals surface area contributed by atoms with Crippen LogP contribution in [-0.2, 0) is 20.7 Å². The Morgan fingerprint density at radius 2 is 1.79 bits per heavy atom. The van der Waals surface area contributed by atoms with E-state index in [0.29, 0.717) is 43.2 Å². The van der Waals surface area contributed by atoms with Gasteiger partial charge in [-0.1, -0.05) is 83.5 Å². The number of thiazole rings is 1. The summed E-state index contributed by atoms with van der Waals surface area (Å²) in [5.41, 5.74) is 2.15. The van der Waals surface area contributed by atoms with Gasteiger partial charge in [-0.2, -0.15) is 0 Å². The molecule has 0 aliphatic carbocycles. The number of aliphatic carboxylic acids is 1. The molecule has 1 unspecified atom stereocenters. The molecular weight excluding hydrogens is 550 g/mol. The molecule has 2 N–H and O–H groups in total. The van der Waals surface area contributed by atoms with Gasteiger partial charge in [0.25, 0.3) is 5.91 Å². The van der Waals surface area contributed by atoms with Crippen molar-refractivity contribution in [1.82, 2.24) is 15.2 Å². The van der Waals surface area contributed by atoms with Crippen LogP contribution in [0.3, 0.4) is 0 Å². The smallest absolute Gasteiger partial charge is 0.306 e. The van der Waals surface area contributed by atoms with Crippen molar-refractivity contribution in [3.05, 3.63) is 64.1 Å². The van der Waals surface area contributed by atoms with E-state index in [0.717, 1.165) is 17.6 Å². The van der Waals surface area contributed by atoms with Gasteiger partial charge in [-0.3, -0.25) is 14.4 Å². The van der Waals surface area contributed by atoms with E-state index < -0.39 is 18.0 Å². The quantitative estimate of drug-likeness (QED) is 0.188. The van der Waals surface area contributed by atoms with E-state index in [9.17, 15) is 19.5 Å². The van der Waals surface area contributed by atoms with Crippen molar-refractivity contribution in [3.8, 4) is 0 Å². The molecule has 1 aromatic heterocycles. The molecule has 0 saturated heterocycles. The van der Waals surface area contributed by atoms with Crippen molar-refractivity contribution in [1.29, 1.82) is 0 Å². The Bertz CT molecular complexity index is 1170. The second kappa shape index (κ2) is 17.2. The van der Waals surface area contributed by atoms with Crippen LogP contribution in [0.1, 0.15) is 94.4 Å². The van der Waals surface area contributed by atoms with Gasteiger partial charge in [0.05, 0.1) is 12.5 Å². The maximum Gasteiger partial charge on any atom is 0.306 e. The van der Waals surface area contributed by atoms with Crippen molar-refractivity contribution in [2.75, 3.05) is 13.7 Å². The zero-order chi connectivity index (χ0) is 31.4. The van der Waals surface area contributed by atoms with E-state index in [2.05, 4.69) is 44.6 Å². The van der Waals surface area contributed by atoms with E-state index in [1.54, 1.807) is 12.3 Å². The van der Waals surface area contributed by atoms with Gasteiger partial charge < -0.3 is 20.1 Å². The van der Waals surface area contributed by atoms with Crippen molar-refractivity contribution in [2.45, 2.75) is 91.8 Å². The molecule has 0 aliphatic heterocycles. The monoisotopic (exact) mass is 599 g/mol. The highest BCUT2D eigenvalue weighted by molar-refractivity contribution is 7.09. The van der Waals surface area contributed by atoms with Crippen LogP contribution in [0.5, 0.6) is 0 Å². The van der Waals surface area contributed by atoms with E-state index in [1.165, 1.54) is 11.3 Å². The molecule has 2 rings (SSSR count). The third kappa shape index (κ3) is 11.3. The van der Waals surface area contributed by atoms with Gasteiger partial charge in [0, 0.05) is 37.4 Å². The predicted molar refractivity (Wildman–Crippen MR) is 169 cm³/mol. The number of hydrogen-bond acceptors (Lipinski definition) is 6. The van der Waals surface area contributed by atoms with Crippen LogP contribution in [0.4, 0.5) is 0 Å². The lowest BCUT2D eigenvalue weighted by atomic mass is 9.95. The van der Waals surface area contributed by atoms with Gasteiger partial charge in [0.15, 0.2) is 0 Å². The fourth-order valence-corrected chi connectivity index (χ4v) is 5.63. The maximum absolute atomic E-state index is 13.3. The maximum atomic E-state index is 13.3. The Kier molecular flexibility index (Phi) is 14.4. The molecule has 0 fully saturated rings. The first-order chi connectivity index (χ1) is 19.8. The molecule has 42 heavy (non-hydrogen) atoms. The molecule has 2 aromatic rings. The number of ether oxygens (including phenoxy) is 1. The number of carbonyl (C=O) groups excluding carboxylic acids is 2. The van der Waals surface area contributed by atoms with Gasteiger partial charge in [0.1, 0.15) is 16.8 Å². The van der Waals surface area contributed by atoms with Crippen molar-refractivity contribution >= 4 is 29.1 Å².